The fraction of sp³-hybridized carbons (Fsp3) is 0.417. The number of amides is 1. The van der Waals surface area contributed by atoms with Crippen molar-refractivity contribution in [1.82, 2.24) is 0 Å². The molecule has 0 radical (unpaired) electrons. The third-order valence-corrected chi connectivity index (χ3v) is 3.70. The average Bonchev–Trinajstić information content (AvgIpc) is 2.22. The number of aryl methyl sites for hydroxylation is 1. The first-order valence-corrected chi connectivity index (χ1v) is 7.02. The molecule has 0 saturated carbocycles. The van der Waals surface area contributed by atoms with E-state index in [1.165, 1.54) is 0 Å². The van der Waals surface area contributed by atoms with Crippen LogP contribution in [0.4, 0.5) is 11.4 Å². The summed E-state index contributed by atoms with van der Waals surface area (Å²) >= 11 is 0. The van der Waals surface area contributed by atoms with Crippen molar-refractivity contribution in [2.75, 3.05) is 22.6 Å². The summed E-state index contributed by atoms with van der Waals surface area (Å²) in [5, 5.41) is 2.74. The zero-order valence-electron chi connectivity index (χ0n) is 10.2. The molecule has 1 amide bonds. The second-order valence-corrected chi connectivity index (χ2v) is 5.49. The van der Waals surface area contributed by atoms with E-state index in [0.717, 1.165) is 17.7 Å². The van der Waals surface area contributed by atoms with E-state index < -0.39 is 10.8 Å². The minimum Gasteiger partial charge on any atom is -0.399 e. The van der Waals surface area contributed by atoms with Crippen LogP contribution >= 0.6 is 0 Å². The van der Waals surface area contributed by atoms with Crippen molar-refractivity contribution < 1.29 is 9.00 Å². The molecule has 5 heteroatoms. The average molecular weight is 254 g/mol. The first kappa shape index (κ1) is 13.7. The molecule has 0 aliphatic heterocycles. The summed E-state index contributed by atoms with van der Waals surface area (Å²) in [7, 11) is -1.07. The number of rotatable bonds is 5. The van der Waals surface area contributed by atoms with Crippen molar-refractivity contribution in [2.45, 2.75) is 20.3 Å². The summed E-state index contributed by atoms with van der Waals surface area (Å²) in [6.07, 6.45) is 0.820. The van der Waals surface area contributed by atoms with Gasteiger partial charge in [-0.2, -0.15) is 0 Å². The first-order chi connectivity index (χ1) is 8.02. The van der Waals surface area contributed by atoms with Crippen LogP contribution in [0.2, 0.25) is 0 Å². The van der Waals surface area contributed by atoms with Crippen LogP contribution in [-0.2, 0) is 15.6 Å². The van der Waals surface area contributed by atoms with Crippen molar-refractivity contribution in [3.8, 4) is 0 Å². The molecule has 1 unspecified atom stereocenters. The Morgan fingerprint density at radius 1 is 1.47 bits per heavy atom. The summed E-state index contributed by atoms with van der Waals surface area (Å²) in [6, 6.07) is 5.27. The van der Waals surface area contributed by atoms with Gasteiger partial charge in [0.25, 0.3) is 0 Å². The van der Waals surface area contributed by atoms with Crippen LogP contribution in [0.1, 0.15) is 18.9 Å². The summed E-state index contributed by atoms with van der Waals surface area (Å²) < 4.78 is 11.4. The van der Waals surface area contributed by atoms with Gasteiger partial charge in [0.05, 0.1) is 0 Å². The van der Waals surface area contributed by atoms with E-state index in [-0.39, 0.29) is 11.7 Å². The molecule has 1 aromatic rings. The Kier molecular flexibility index (Phi) is 5.15. The maximum atomic E-state index is 11.6. The summed E-state index contributed by atoms with van der Waals surface area (Å²) in [5.74, 6) is 0.399. The Balaban J connectivity index is 2.59. The van der Waals surface area contributed by atoms with E-state index in [1.807, 2.05) is 13.8 Å². The maximum Gasteiger partial charge on any atom is 0.236 e. The Hall–Kier alpha value is -1.36. The molecule has 0 fully saturated rings. The van der Waals surface area contributed by atoms with E-state index in [1.54, 1.807) is 18.2 Å². The predicted molar refractivity (Wildman–Crippen MR) is 72.4 cm³/mol. The predicted octanol–water partition coefficient (Wildman–Crippen LogP) is 1.67. The maximum absolute atomic E-state index is 11.6. The number of carbonyl (C=O) groups is 1. The van der Waals surface area contributed by atoms with E-state index in [9.17, 15) is 9.00 Å². The van der Waals surface area contributed by atoms with Gasteiger partial charge < -0.3 is 11.1 Å². The van der Waals surface area contributed by atoms with Crippen molar-refractivity contribution in [3.05, 3.63) is 23.8 Å². The van der Waals surface area contributed by atoms with E-state index in [0.29, 0.717) is 11.4 Å². The molecule has 1 atom stereocenters. The molecule has 0 spiro atoms. The molecule has 94 valence electrons. The lowest BCUT2D eigenvalue weighted by Crippen LogP contribution is -2.21. The van der Waals surface area contributed by atoms with E-state index >= 15 is 0 Å². The second-order valence-electron chi connectivity index (χ2n) is 3.91. The standard InChI is InChI=1S/C12H18N2O2S/c1-3-6-17(16)8-12(15)14-11-5-4-10(13)7-9(11)2/h4-5,7H,3,6,8,13H2,1-2H3,(H,14,15). The summed E-state index contributed by atoms with van der Waals surface area (Å²) in [4.78, 5) is 11.6. The number of nitrogens with one attached hydrogen (secondary N) is 1. The van der Waals surface area contributed by atoms with Gasteiger partial charge in [0.15, 0.2) is 0 Å². The SMILES string of the molecule is CCCS(=O)CC(=O)Nc1ccc(N)cc1C. The number of carbonyl (C=O) groups excluding carboxylic acids is 1. The Bertz CT molecular complexity index is 433. The molecular weight excluding hydrogens is 236 g/mol. The highest BCUT2D eigenvalue weighted by atomic mass is 32.2. The smallest absolute Gasteiger partial charge is 0.236 e. The highest BCUT2D eigenvalue weighted by Gasteiger charge is 2.08. The zero-order valence-corrected chi connectivity index (χ0v) is 11.0. The van der Waals surface area contributed by atoms with Gasteiger partial charge in [0.2, 0.25) is 5.91 Å². The Morgan fingerprint density at radius 3 is 2.76 bits per heavy atom. The van der Waals surface area contributed by atoms with Gasteiger partial charge >= 0.3 is 0 Å². The van der Waals surface area contributed by atoms with Gasteiger partial charge in [-0.15, -0.1) is 0 Å². The fourth-order valence-electron chi connectivity index (χ4n) is 1.46. The molecule has 0 saturated heterocycles. The minimum absolute atomic E-state index is 0.0532. The number of benzene rings is 1. The zero-order chi connectivity index (χ0) is 12.8. The molecule has 1 rings (SSSR count). The van der Waals surface area contributed by atoms with Gasteiger partial charge in [0.1, 0.15) is 5.75 Å². The lowest BCUT2D eigenvalue weighted by molar-refractivity contribution is -0.113. The highest BCUT2D eigenvalue weighted by molar-refractivity contribution is 7.85. The van der Waals surface area contributed by atoms with Crippen molar-refractivity contribution in [3.63, 3.8) is 0 Å². The molecule has 3 N–H and O–H groups in total. The second kappa shape index (κ2) is 6.39. The normalized spacial score (nSPS) is 12.1. The van der Waals surface area contributed by atoms with Crippen LogP contribution in [0.3, 0.4) is 0 Å². The molecule has 0 aliphatic carbocycles. The molecule has 1 aromatic carbocycles. The van der Waals surface area contributed by atoms with E-state index in [4.69, 9.17) is 5.73 Å². The van der Waals surface area contributed by atoms with Gasteiger partial charge in [-0.05, 0) is 37.1 Å². The number of hydrogen-bond donors (Lipinski definition) is 2. The van der Waals surface area contributed by atoms with Crippen molar-refractivity contribution in [2.24, 2.45) is 0 Å². The minimum atomic E-state index is -1.07. The van der Waals surface area contributed by atoms with E-state index in [2.05, 4.69) is 5.32 Å². The van der Waals surface area contributed by atoms with Crippen LogP contribution in [0, 0.1) is 6.92 Å². The van der Waals surface area contributed by atoms with Crippen LogP contribution < -0.4 is 11.1 Å². The molecule has 0 aliphatic rings. The van der Waals surface area contributed by atoms with Gasteiger partial charge in [0, 0.05) is 27.9 Å². The van der Waals surface area contributed by atoms with Crippen LogP contribution in [0.25, 0.3) is 0 Å². The van der Waals surface area contributed by atoms with Crippen LogP contribution in [-0.4, -0.2) is 21.6 Å². The van der Waals surface area contributed by atoms with Crippen molar-refractivity contribution in [1.29, 1.82) is 0 Å². The molecule has 0 heterocycles. The monoisotopic (exact) mass is 254 g/mol. The number of anilines is 2. The highest BCUT2D eigenvalue weighted by Crippen LogP contribution is 2.17. The van der Waals surface area contributed by atoms with Crippen LogP contribution in [0.15, 0.2) is 18.2 Å². The largest absolute Gasteiger partial charge is 0.399 e. The summed E-state index contributed by atoms with van der Waals surface area (Å²) in [5.41, 5.74) is 7.90. The molecule has 17 heavy (non-hydrogen) atoms. The van der Waals surface area contributed by atoms with Gasteiger partial charge in [-0.25, -0.2) is 0 Å². The number of hydrogen-bond acceptors (Lipinski definition) is 3. The third-order valence-electron chi connectivity index (χ3n) is 2.25. The van der Waals surface area contributed by atoms with Gasteiger partial charge in [-0.3, -0.25) is 9.00 Å². The van der Waals surface area contributed by atoms with Crippen molar-refractivity contribution >= 4 is 28.1 Å². The first-order valence-electron chi connectivity index (χ1n) is 5.54. The van der Waals surface area contributed by atoms with Crippen LogP contribution in [0.5, 0.6) is 0 Å². The molecule has 4 nitrogen and oxygen atoms in total. The number of nitrogens with two attached hydrogens (primary N) is 1. The van der Waals surface area contributed by atoms with Gasteiger partial charge in [-0.1, -0.05) is 6.92 Å². The number of nitrogen functional groups attached to an aromatic ring is 1. The Labute approximate surface area is 104 Å². The third kappa shape index (κ3) is 4.56. The lowest BCUT2D eigenvalue weighted by Gasteiger charge is -2.08. The quantitative estimate of drug-likeness (QED) is 0.785. The molecular formula is C12H18N2O2S. The summed E-state index contributed by atoms with van der Waals surface area (Å²) in [6.45, 7) is 3.81. The Morgan fingerprint density at radius 2 is 2.18 bits per heavy atom. The molecule has 0 aromatic heterocycles. The topological polar surface area (TPSA) is 72.2 Å². The fourth-order valence-corrected chi connectivity index (χ4v) is 2.42. The molecule has 0 bridgehead atoms. The lowest BCUT2D eigenvalue weighted by atomic mass is 10.2.